The fourth-order valence-electron chi connectivity index (χ4n) is 3.81. The fourth-order valence-corrected chi connectivity index (χ4v) is 3.81. The summed E-state index contributed by atoms with van der Waals surface area (Å²) in [7, 11) is 0. The summed E-state index contributed by atoms with van der Waals surface area (Å²) < 4.78 is 0. The van der Waals surface area contributed by atoms with Crippen LogP contribution in [0.4, 0.5) is 5.69 Å². The molecular formula is C24H19N3O. The van der Waals surface area contributed by atoms with Crippen LogP contribution >= 0.6 is 0 Å². The second-order valence-electron chi connectivity index (χ2n) is 7.09. The van der Waals surface area contributed by atoms with Gasteiger partial charge in [0.2, 0.25) is 5.91 Å². The van der Waals surface area contributed by atoms with Crippen LogP contribution < -0.4 is 5.32 Å². The van der Waals surface area contributed by atoms with Crippen molar-refractivity contribution in [2.75, 3.05) is 5.32 Å². The lowest BCUT2D eigenvalue weighted by Gasteiger charge is -2.10. The Morgan fingerprint density at radius 3 is 2.25 bits per heavy atom. The summed E-state index contributed by atoms with van der Waals surface area (Å²) in [5, 5.41) is 3.01. The van der Waals surface area contributed by atoms with Gasteiger partial charge in [0.25, 0.3) is 0 Å². The van der Waals surface area contributed by atoms with E-state index in [2.05, 4.69) is 16.4 Å². The van der Waals surface area contributed by atoms with Crippen LogP contribution in [0.15, 0.2) is 78.9 Å². The Labute approximate surface area is 163 Å². The highest BCUT2D eigenvalue weighted by Crippen LogP contribution is 2.41. The smallest absolute Gasteiger partial charge is 0.238 e. The molecule has 5 rings (SSSR count). The summed E-state index contributed by atoms with van der Waals surface area (Å²) in [5.41, 5.74) is 6.62. The van der Waals surface area contributed by atoms with Gasteiger partial charge in [-0.25, -0.2) is 4.98 Å². The molecule has 1 amide bonds. The van der Waals surface area contributed by atoms with E-state index in [1.807, 2.05) is 79.7 Å². The van der Waals surface area contributed by atoms with Gasteiger partial charge in [-0.15, -0.1) is 0 Å². The number of carbonyl (C=O) groups is 1. The zero-order chi connectivity index (χ0) is 19.1. The highest BCUT2D eigenvalue weighted by molar-refractivity contribution is 6.05. The van der Waals surface area contributed by atoms with E-state index >= 15 is 0 Å². The Bertz CT molecular complexity index is 1160. The van der Waals surface area contributed by atoms with Gasteiger partial charge in [0.05, 0.1) is 11.4 Å². The summed E-state index contributed by atoms with van der Waals surface area (Å²) >= 11 is 0. The van der Waals surface area contributed by atoms with Crippen molar-refractivity contribution >= 4 is 11.6 Å². The summed E-state index contributed by atoms with van der Waals surface area (Å²) in [5.74, 6) is 0.333. The van der Waals surface area contributed by atoms with Gasteiger partial charge in [0.15, 0.2) is 0 Å². The molecule has 0 radical (unpaired) electrons. The largest absolute Gasteiger partial charge is 0.340 e. The number of carbonyl (C=O) groups excluding carboxylic acids is 1. The predicted octanol–water partition coefficient (Wildman–Crippen LogP) is 5.14. The van der Waals surface area contributed by atoms with Crippen molar-refractivity contribution in [1.29, 1.82) is 0 Å². The molecule has 1 unspecified atom stereocenters. The number of fused-ring (bicyclic) bond motifs is 1. The number of anilines is 1. The Morgan fingerprint density at radius 1 is 0.857 bits per heavy atom. The standard InChI is InChI=1S/C24H19N3O/c1-15-12-13-19-18(14-15)20(24(28)25-19)22-21(16-8-4-2-5-9-16)26-23(27-22)17-10-6-3-7-11-17/h2-14,20H,1H3,(H,25,28)(H,26,27). The lowest BCUT2D eigenvalue weighted by atomic mass is 9.93. The van der Waals surface area contributed by atoms with Crippen LogP contribution in [0.25, 0.3) is 22.6 Å². The van der Waals surface area contributed by atoms with Crippen molar-refractivity contribution in [3.63, 3.8) is 0 Å². The van der Waals surface area contributed by atoms with Gasteiger partial charge in [-0.3, -0.25) is 4.79 Å². The Hall–Kier alpha value is -3.66. The first-order chi connectivity index (χ1) is 13.7. The molecule has 4 nitrogen and oxygen atoms in total. The fraction of sp³-hybridized carbons (Fsp3) is 0.0833. The molecule has 0 saturated heterocycles. The molecule has 4 aromatic rings. The third-order valence-corrected chi connectivity index (χ3v) is 5.15. The number of hydrogen-bond donors (Lipinski definition) is 2. The molecule has 0 bridgehead atoms. The van der Waals surface area contributed by atoms with E-state index in [0.29, 0.717) is 0 Å². The van der Waals surface area contributed by atoms with Gasteiger partial charge in [0.1, 0.15) is 11.7 Å². The molecule has 1 aromatic heterocycles. The van der Waals surface area contributed by atoms with E-state index in [1.54, 1.807) is 0 Å². The van der Waals surface area contributed by atoms with Crippen LogP contribution in [-0.4, -0.2) is 15.9 Å². The molecule has 0 spiro atoms. The molecular weight excluding hydrogens is 346 g/mol. The molecule has 1 atom stereocenters. The SMILES string of the molecule is Cc1ccc2c(c1)C(c1[nH]c(-c3ccccc3)nc1-c1ccccc1)C(=O)N2. The second kappa shape index (κ2) is 6.50. The van der Waals surface area contributed by atoms with E-state index < -0.39 is 5.92 Å². The number of benzene rings is 3. The van der Waals surface area contributed by atoms with E-state index in [1.165, 1.54) is 0 Å². The van der Waals surface area contributed by atoms with Crippen molar-refractivity contribution in [2.24, 2.45) is 0 Å². The average Bonchev–Trinajstić information content (AvgIpc) is 3.29. The first-order valence-electron chi connectivity index (χ1n) is 9.33. The number of rotatable bonds is 3. The Balaban J connectivity index is 1.72. The maximum absolute atomic E-state index is 12.9. The minimum Gasteiger partial charge on any atom is -0.340 e. The lowest BCUT2D eigenvalue weighted by molar-refractivity contribution is -0.116. The van der Waals surface area contributed by atoms with Crippen molar-refractivity contribution in [3.8, 4) is 22.6 Å². The third kappa shape index (κ3) is 2.70. The van der Waals surface area contributed by atoms with Crippen molar-refractivity contribution in [3.05, 3.63) is 95.7 Å². The van der Waals surface area contributed by atoms with Gasteiger partial charge < -0.3 is 10.3 Å². The minimum atomic E-state index is -0.407. The topological polar surface area (TPSA) is 57.8 Å². The van der Waals surface area contributed by atoms with Crippen LogP contribution in [0.5, 0.6) is 0 Å². The lowest BCUT2D eigenvalue weighted by Crippen LogP contribution is -2.14. The molecule has 136 valence electrons. The van der Waals surface area contributed by atoms with E-state index in [0.717, 1.165) is 45.2 Å². The van der Waals surface area contributed by atoms with E-state index in [-0.39, 0.29) is 5.91 Å². The third-order valence-electron chi connectivity index (χ3n) is 5.15. The maximum atomic E-state index is 12.9. The normalized spacial score (nSPS) is 15.3. The molecule has 2 N–H and O–H groups in total. The molecule has 1 aliphatic heterocycles. The summed E-state index contributed by atoms with van der Waals surface area (Å²) in [6.45, 7) is 2.04. The Morgan fingerprint density at radius 2 is 1.54 bits per heavy atom. The number of aryl methyl sites for hydroxylation is 1. The van der Waals surface area contributed by atoms with Gasteiger partial charge in [-0.2, -0.15) is 0 Å². The van der Waals surface area contributed by atoms with E-state index in [4.69, 9.17) is 4.98 Å². The van der Waals surface area contributed by atoms with Crippen LogP contribution in [0.3, 0.4) is 0 Å². The Kier molecular flexibility index (Phi) is 3.83. The van der Waals surface area contributed by atoms with Crippen molar-refractivity contribution < 1.29 is 4.79 Å². The monoisotopic (exact) mass is 365 g/mol. The number of nitrogens with zero attached hydrogens (tertiary/aromatic N) is 1. The molecule has 1 aliphatic rings. The molecule has 0 saturated carbocycles. The summed E-state index contributed by atoms with van der Waals surface area (Å²) in [6, 6.07) is 26.1. The van der Waals surface area contributed by atoms with Gasteiger partial charge in [-0.1, -0.05) is 78.4 Å². The molecule has 0 fully saturated rings. The highest BCUT2D eigenvalue weighted by Gasteiger charge is 2.35. The van der Waals surface area contributed by atoms with E-state index in [9.17, 15) is 4.79 Å². The molecule has 2 heterocycles. The zero-order valence-electron chi connectivity index (χ0n) is 15.4. The molecule has 4 heteroatoms. The zero-order valence-corrected chi connectivity index (χ0v) is 15.4. The van der Waals surface area contributed by atoms with Crippen LogP contribution in [0.1, 0.15) is 22.7 Å². The van der Waals surface area contributed by atoms with Gasteiger partial charge >= 0.3 is 0 Å². The van der Waals surface area contributed by atoms with Crippen LogP contribution in [-0.2, 0) is 4.79 Å². The predicted molar refractivity (Wildman–Crippen MR) is 111 cm³/mol. The number of aromatic amines is 1. The average molecular weight is 365 g/mol. The van der Waals surface area contributed by atoms with Crippen LogP contribution in [0.2, 0.25) is 0 Å². The minimum absolute atomic E-state index is 0.0268. The number of H-pyrrole nitrogens is 1. The van der Waals surface area contributed by atoms with Crippen molar-refractivity contribution in [2.45, 2.75) is 12.8 Å². The number of aromatic nitrogens is 2. The van der Waals surface area contributed by atoms with Gasteiger partial charge in [-0.05, 0) is 18.6 Å². The van der Waals surface area contributed by atoms with Crippen molar-refractivity contribution in [1.82, 2.24) is 9.97 Å². The van der Waals surface area contributed by atoms with Crippen LogP contribution in [0, 0.1) is 6.92 Å². The summed E-state index contributed by atoms with van der Waals surface area (Å²) in [6.07, 6.45) is 0. The number of hydrogen-bond acceptors (Lipinski definition) is 2. The second-order valence-corrected chi connectivity index (χ2v) is 7.09. The first kappa shape index (κ1) is 16.5. The molecule has 28 heavy (non-hydrogen) atoms. The number of imidazole rings is 1. The quantitative estimate of drug-likeness (QED) is 0.528. The molecule has 3 aromatic carbocycles. The number of amides is 1. The summed E-state index contributed by atoms with van der Waals surface area (Å²) in [4.78, 5) is 21.3. The van der Waals surface area contributed by atoms with Gasteiger partial charge in [0, 0.05) is 16.8 Å². The number of nitrogens with one attached hydrogen (secondary N) is 2. The highest BCUT2D eigenvalue weighted by atomic mass is 16.2. The molecule has 0 aliphatic carbocycles. The maximum Gasteiger partial charge on any atom is 0.238 e. The first-order valence-corrected chi connectivity index (χ1v) is 9.33.